The van der Waals surface area contributed by atoms with Crippen molar-refractivity contribution in [3.63, 3.8) is 0 Å². The topological polar surface area (TPSA) is 125 Å². The number of aliphatic hydroxyl groups excluding tert-OH is 1. The van der Waals surface area contributed by atoms with Crippen LogP contribution < -0.4 is 10.6 Å². The van der Waals surface area contributed by atoms with Crippen LogP contribution in [-0.2, 0) is 14.3 Å². The Labute approximate surface area is 198 Å². The lowest BCUT2D eigenvalue weighted by molar-refractivity contribution is -0.137. The van der Waals surface area contributed by atoms with E-state index in [0.29, 0.717) is 0 Å². The molecule has 1 aliphatic carbocycles. The Morgan fingerprint density at radius 2 is 1.65 bits per heavy atom. The van der Waals surface area contributed by atoms with Gasteiger partial charge in [-0.3, -0.25) is 9.59 Å². The van der Waals surface area contributed by atoms with E-state index in [2.05, 4.69) is 22.5 Å². The number of rotatable bonds is 10. The van der Waals surface area contributed by atoms with Crippen molar-refractivity contribution >= 4 is 18.0 Å². The Kier molecular flexibility index (Phi) is 8.66. The van der Waals surface area contributed by atoms with Crippen molar-refractivity contribution in [3.05, 3.63) is 59.7 Å². The minimum absolute atomic E-state index is 0.0679. The minimum atomic E-state index is -1.13. The number of carboxylic acid groups (broad SMARTS) is 1. The summed E-state index contributed by atoms with van der Waals surface area (Å²) in [7, 11) is 0. The molecule has 0 fully saturated rings. The van der Waals surface area contributed by atoms with E-state index in [4.69, 9.17) is 9.84 Å². The van der Waals surface area contributed by atoms with Crippen LogP contribution in [0.15, 0.2) is 48.5 Å². The van der Waals surface area contributed by atoms with Gasteiger partial charge in [0.05, 0.1) is 12.6 Å². The van der Waals surface area contributed by atoms with E-state index in [1.54, 1.807) is 6.92 Å². The maximum atomic E-state index is 12.7. The van der Waals surface area contributed by atoms with Gasteiger partial charge in [0, 0.05) is 18.8 Å². The first-order valence-corrected chi connectivity index (χ1v) is 11.1. The van der Waals surface area contributed by atoms with Crippen molar-refractivity contribution in [2.24, 2.45) is 0 Å². The Hall–Kier alpha value is -3.83. The molecule has 3 rings (SSSR count). The van der Waals surface area contributed by atoms with Gasteiger partial charge in [0.1, 0.15) is 12.6 Å². The molecule has 178 valence electrons. The van der Waals surface area contributed by atoms with Crippen molar-refractivity contribution < 1.29 is 29.3 Å². The number of carboxylic acids is 1. The average Bonchev–Trinajstić information content (AvgIpc) is 3.16. The van der Waals surface area contributed by atoms with Gasteiger partial charge < -0.3 is 25.6 Å². The number of carbonyl (C=O) groups excluding carboxylic acids is 2. The fourth-order valence-electron chi connectivity index (χ4n) is 4.01. The van der Waals surface area contributed by atoms with Gasteiger partial charge in [0.25, 0.3) is 0 Å². The van der Waals surface area contributed by atoms with Crippen LogP contribution in [0.2, 0.25) is 0 Å². The molecular weight excluding hydrogens is 436 g/mol. The maximum absolute atomic E-state index is 12.7. The molecule has 0 bridgehead atoms. The molecule has 0 saturated carbocycles. The zero-order chi connectivity index (χ0) is 24.5. The molecule has 0 radical (unpaired) electrons. The minimum Gasteiger partial charge on any atom is -0.481 e. The van der Waals surface area contributed by atoms with Crippen molar-refractivity contribution in [1.82, 2.24) is 10.6 Å². The monoisotopic (exact) mass is 464 g/mol. The number of ether oxygens (including phenoxy) is 1. The standard InChI is InChI=1S/C26H28N2O6/c1-2-3-8-17(15-29)27-25(32)23(13-14-24(30)31)28-26(33)34-16-22-20-11-6-4-9-18(20)19-10-5-7-12-21(19)22/h4-7,9-12,17,22-23,29H,8,13-16H2,1H3,(H,27,32)(H,28,33)(H,30,31). The highest BCUT2D eigenvalue weighted by Gasteiger charge is 2.30. The van der Waals surface area contributed by atoms with E-state index in [-0.39, 0.29) is 38.4 Å². The number of hydrogen-bond acceptors (Lipinski definition) is 5. The third-order valence-corrected chi connectivity index (χ3v) is 5.69. The largest absolute Gasteiger partial charge is 0.481 e. The molecule has 2 aromatic rings. The van der Waals surface area contributed by atoms with E-state index >= 15 is 0 Å². The van der Waals surface area contributed by atoms with Crippen molar-refractivity contribution in [1.29, 1.82) is 0 Å². The van der Waals surface area contributed by atoms with E-state index < -0.39 is 30.1 Å². The first-order chi connectivity index (χ1) is 16.4. The summed E-state index contributed by atoms with van der Waals surface area (Å²) < 4.78 is 5.47. The smallest absolute Gasteiger partial charge is 0.407 e. The Morgan fingerprint density at radius 1 is 1.03 bits per heavy atom. The van der Waals surface area contributed by atoms with Crippen molar-refractivity contribution in [2.75, 3.05) is 13.2 Å². The molecular formula is C26H28N2O6. The molecule has 0 aromatic heterocycles. The summed E-state index contributed by atoms with van der Waals surface area (Å²) in [6.07, 6.45) is -1.03. The molecule has 0 spiro atoms. The molecule has 2 aromatic carbocycles. The molecule has 1 aliphatic rings. The average molecular weight is 465 g/mol. The molecule has 2 amide bonds. The molecule has 2 unspecified atom stereocenters. The lowest BCUT2D eigenvalue weighted by Gasteiger charge is -2.21. The second kappa shape index (κ2) is 11.9. The third-order valence-electron chi connectivity index (χ3n) is 5.69. The fourth-order valence-corrected chi connectivity index (χ4v) is 4.01. The normalized spacial score (nSPS) is 13.5. The number of benzene rings is 2. The fraction of sp³-hybridized carbons (Fsp3) is 0.346. The SMILES string of the molecule is CC#CCC(CO)NC(=O)C(CCC(=O)O)NC(=O)OCC1c2ccccc2-c2ccccc21. The van der Waals surface area contributed by atoms with Gasteiger partial charge in [0.2, 0.25) is 5.91 Å². The second-order valence-electron chi connectivity index (χ2n) is 7.97. The zero-order valence-electron chi connectivity index (χ0n) is 18.9. The van der Waals surface area contributed by atoms with Crippen LogP contribution in [0.3, 0.4) is 0 Å². The molecule has 8 heteroatoms. The van der Waals surface area contributed by atoms with Gasteiger partial charge in [-0.15, -0.1) is 11.8 Å². The number of amides is 2. The Bertz CT molecular complexity index is 1060. The van der Waals surface area contributed by atoms with Crippen LogP contribution in [0.25, 0.3) is 11.1 Å². The molecule has 8 nitrogen and oxygen atoms in total. The summed E-state index contributed by atoms with van der Waals surface area (Å²) >= 11 is 0. The molecule has 0 heterocycles. The molecule has 2 atom stereocenters. The summed E-state index contributed by atoms with van der Waals surface area (Å²) in [6, 6.07) is 14.1. The van der Waals surface area contributed by atoms with Gasteiger partial charge in [0.15, 0.2) is 0 Å². The van der Waals surface area contributed by atoms with Crippen molar-refractivity contribution in [2.45, 2.75) is 44.2 Å². The predicted molar refractivity (Wildman–Crippen MR) is 126 cm³/mol. The lowest BCUT2D eigenvalue weighted by atomic mass is 9.98. The Morgan fingerprint density at radius 3 is 2.21 bits per heavy atom. The van der Waals surface area contributed by atoms with Gasteiger partial charge in [-0.25, -0.2) is 4.79 Å². The first kappa shape index (κ1) is 24.8. The molecule has 0 aliphatic heterocycles. The van der Waals surface area contributed by atoms with Crippen LogP contribution >= 0.6 is 0 Å². The third kappa shape index (κ3) is 6.15. The van der Waals surface area contributed by atoms with Crippen LogP contribution in [0.1, 0.15) is 43.2 Å². The number of hydrogen-bond donors (Lipinski definition) is 4. The number of nitrogens with one attached hydrogen (secondary N) is 2. The van der Waals surface area contributed by atoms with E-state index in [1.807, 2.05) is 48.5 Å². The highest BCUT2D eigenvalue weighted by molar-refractivity contribution is 5.86. The maximum Gasteiger partial charge on any atom is 0.407 e. The molecule has 4 N–H and O–H groups in total. The summed E-state index contributed by atoms with van der Waals surface area (Å²) in [5.74, 6) is 3.61. The summed E-state index contributed by atoms with van der Waals surface area (Å²) in [6.45, 7) is 1.38. The van der Waals surface area contributed by atoms with Crippen LogP contribution in [-0.4, -0.2) is 53.5 Å². The van der Waals surface area contributed by atoms with Crippen LogP contribution in [0, 0.1) is 11.8 Å². The first-order valence-electron chi connectivity index (χ1n) is 11.1. The van der Waals surface area contributed by atoms with Gasteiger partial charge >= 0.3 is 12.1 Å². The van der Waals surface area contributed by atoms with Gasteiger partial charge in [-0.2, -0.15) is 0 Å². The number of aliphatic hydroxyl groups is 1. The van der Waals surface area contributed by atoms with Crippen LogP contribution in [0.4, 0.5) is 4.79 Å². The van der Waals surface area contributed by atoms with Crippen LogP contribution in [0.5, 0.6) is 0 Å². The summed E-state index contributed by atoms with van der Waals surface area (Å²) in [5.41, 5.74) is 4.30. The second-order valence-corrected chi connectivity index (χ2v) is 7.97. The summed E-state index contributed by atoms with van der Waals surface area (Å²) in [4.78, 5) is 36.3. The Balaban J connectivity index is 1.65. The number of fused-ring (bicyclic) bond motifs is 3. The number of alkyl carbamates (subject to hydrolysis) is 1. The van der Waals surface area contributed by atoms with Gasteiger partial charge in [-0.05, 0) is 35.6 Å². The number of carbonyl (C=O) groups is 3. The number of aliphatic carboxylic acids is 1. The van der Waals surface area contributed by atoms with E-state index in [9.17, 15) is 19.5 Å². The van der Waals surface area contributed by atoms with Crippen molar-refractivity contribution in [3.8, 4) is 23.0 Å². The summed E-state index contributed by atoms with van der Waals surface area (Å²) in [5, 5.41) is 23.6. The van der Waals surface area contributed by atoms with E-state index in [1.165, 1.54) is 0 Å². The zero-order valence-corrected chi connectivity index (χ0v) is 18.9. The predicted octanol–water partition coefficient (Wildman–Crippen LogP) is 2.65. The highest BCUT2D eigenvalue weighted by atomic mass is 16.5. The van der Waals surface area contributed by atoms with Gasteiger partial charge in [-0.1, -0.05) is 48.5 Å². The quantitative estimate of drug-likeness (QED) is 0.401. The molecule has 34 heavy (non-hydrogen) atoms. The highest BCUT2D eigenvalue weighted by Crippen LogP contribution is 2.44. The molecule has 0 saturated heterocycles. The lowest BCUT2D eigenvalue weighted by Crippen LogP contribution is -2.50. The van der Waals surface area contributed by atoms with E-state index in [0.717, 1.165) is 22.3 Å².